The van der Waals surface area contributed by atoms with Crippen LogP contribution in [0.15, 0.2) is 48.5 Å². The van der Waals surface area contributed by atoms with Gasteiger partial charge in [0.15, 0.2) is 0 Å². The highest BCUT2D eigenvalue weighted by molar-refractivity contribution is 5.93. The topological polar surface area (TPSA) is 44.1 Å². The minimum absolute atomic E-state index is 0.0459. The van der Waals surface area contributed by atoms with Crippen LogP contribution in [0.1, 0.15) is 13.8 Å². The monoisotopic (exact) mass is 462 g/mol. The summed E-state index contributed by atoms with van der Waals surface area (Å²) in [4.78, 5) is 12.3. The van der Waals surface area contributed by atoms with Crippen LogP contribution in [0.5, 0.6) is 0 Å². The Kier molecular flexibility index (Phi) is 5.96. The van der Waals surface area contributed by atoms with E-state index in [4.69, 9.17) is 0 Å². The second-order valence-corrected chi connectivity index (χ2v) is 7.76. The van der Waals surface area contributed by atoms with E-state index < -0.39 is 42.2 Å². The van der Waals surface area contributed by atoms with Crippen LogP contribution in [-0.4, -0.2) is 34.2 Å². The molecule has 0 bridgehead atoms. The van der Waals surface area contributed by atoms with Crippen molar-refractivity contribution in [3.63, 3.8) is 0 Å². The van der Waals surface area contributed by atoms with Gasteiger partial charge in [-0.2, -0.15) is 31.4 Å². The number of carbonyl (C=O) groups is 1. The molecule has 0 amide bonds. The van der Waals surface area contributed by atoms with Gasteiger partial charge < -0.3 is 4.74 Å². The van der Waals surface area contributed by atoms with Gasteiger partial charge in [-0.3, -0.25) is 9.48 Å². The third-order valence-electron chi connectivity index (χ3n) is 4.69. The van der Waals surface area contributed by atoms with E-state index in [1.165, 1.54) is 6.07 Å². The molecule has 0 saturated carbocycles. The summed E-state index contributed by atoms with van der Waals surface area (Å²) < 4.78 is 96.1. The number of nitrogens with zero attached hydrogens (tertiary/aromatic N) is 2. The molecule has 11 heteroatoms. The van der Waals surface area contributed by atoms with E-state index in [0.29, 0.717) is 16.6 Å². The van der Waals surface area contributed by atoms with E-state index in [0.717, 1.165) is 24.6 Å². The third-order valence-corrected chi connectivity index (χ3v) is 4.69. The quantitative estimate of drug-likeness (QED) is 0.350. The van der Waals surface area contributed by atoms with Crippen LogP contribution < -0.4 is 0 Å². The van der Waals surface area contributed by atoms with Crippen molar-refractivity contribution in [2.75, 3.05) is 0 Å². The van der Waals surface area contributed by atoms with Crippen molar-refractivity contribution >= 4 is 16.9 Å². The Labute approximate surface area is 177 Å². The van der Waals surface area contributed by atoms with Gasteiger partial charge in [-0.1, -0.05) is 42.5 Å². The fourth-order valence-corrected chi connectivity index (χ4v) is 3.14. The predicted molar refractivity (Wildman–Crippen MR) is 101 cm³/mol. The highest BCUT2D eigenvalue weighted by Gasteiger charge is 2.60. The number of hydrogen-bond donors (Lipinski definition) is 0. The molecule has 4 nitrogen and oxygen atoms in total. The van der Waals surface area contributed by atoms with Crippen LogP contribution >= 0.6 is 0 Å². The molecule has 0 spiro atoms. The van der Waals surface area contributed by atoms with Gasteiger partial charge in [0.25, 0.3) is 6.10 Å². The molecular formula is C21H17F7N2O2. The highest BCUT2D eigenvalue weighted by Crippen LogP contribution is 2.38. The van der Waals surface area contributed by atoms with Crippen LogP contribution in [0, 0.1) is 11.2 Å². The number of aromatic nitrogens is 2. The normalized spacial score (nSPS) is 13.1. The number of benzene rings is 2. The van der Waals surface area contributed by atoms with Crippen LogP contribution in [-0.2, 0) is 16.1 Å². The fourth-order valence-electron chi connectivity index (χ4n) is 3.14. The Hall–Kier alpha value is -3.11. The molecule has 3 aromatic rings. The van der Waals surface area contributed by atoms with Gasteiger partial charge in [0.05, 0.1) is 12.0 Å². The first-order valence-corrected chi connectivity index (χ1v) is 9.27. The Bertz CT molecular complexity index is 1100. The standard InChI is InChI=1S/C21H17F7N2O2/c1-19(2,18(31)32-17(20(23,24)25)21(26,27)28)11-30-16-13(9-6-10-14(16)22)15(29-30)12-7-4-3-5-8-12/h3-10,17H,11H2,1-2H3. The lowest BCUT2D eigenvalue weighted by atomic mass is 9.93. The Morgan fingerprint density at radius 3 is 2.12 bits per heavy atom. The summed E-state index contributed by atoms with van der Waals surface area (Å²) in [5, 5.41) is 4.65. The first-order chi connectivity index (χ1) is 14.7. The maximum atomic E-state index is 14.6. The Balaban J connectivity index is 1.99. The molecule has 0 unspecified atom stereocenters. The molecular weight excluding hydrogens is 445 g/mol. The summed E-state index contributed by atoms with van der Waals surface area (Å²) in [6, 6.07) is 12.7. The molecule has 1 heterocycles. The molecule has 0 aliphatic carbocycles. The summed E-state index contributed by atoms with van der Waals surface area (Å²) in [6.45, 7) is 1.66. The molecule has 1 aromatic heterocycles. The molecule has 0 aliphatic rings. The number of carbonyl (C=O) groups excluding carboxylic acids is 1. The summed E-state index contributed by atoms with van der Waals surface area (Å²) in [5.74, 6) is -2.47. The van der Waals surface area contributed by atoms with E-state index >= 15 is 0 Å². The number of fused-ring (bicyclic) bond motifs is 1. The van der Waals surface area contributed by atoms with Gasteiger partial charge in [0.2, 0.25) is 0 Å². The largest absolute Gasteiger partial charge is 0.442 e. The summed E-state index contributed by atoms with van der Waals surface area (Å²) >= 11 is 0. The van der Waals surface area contributed by atoms with E-state index in [1.54, 1.807) is 36.4 Å². The minimum atomic E-state index is -5.84. The van der Waals surface area contributed by atoms with Gasteiger partial charge in [-0.15, -0.1) is 0 Å². The molecule has 3 rings (SSSR count). The number of esters is 1. The van der Waals surface area contributed by atoms with Crippen LogP contribution in [0.3, 0.4) is 0 Å². The third kappa shape index (κ3) is 4.71. The maximum Gasteiger partial charge on any atom is 0.434 e. The number of rotatable bonds is 5. The van der Waals surface area contributed by atoms with Crippen molar-refractivity contribution in [2.24, 2.45) is 5.41 Å². The first kappa shape index (κ1) is 23.6. The van der Waals surface area contributed by atoms with Crippen LogP contribution in [0.25, 0.3) is 22.2 Å². The van der Waals surface area contributed by atoms with Gasteiger partial charge in [-0.25, -0.2) is 4.39 Å². The van der Waals surface area contributed by atoms with Gasteiger partial charge in [-0.05, 0) is 19.9 Å². The first-order valence-electron chi connectivity index (χ1n) is 9.27. The molecule has 0 radical (unpaired) electrons. The number of hydrogen-bond acceptors (Lipinski definition) is 3. The molecule has 2 aromatic carbocycles. The molecule has 0 N–H and O–H groups in total. The van der Waals surface area contributed by atoms with Crippen molar-refractivity contribution in [3.8, 4) is 11.3 Å². The zero-order valence-electron chi connectivity index (χ0n) is 16.8. The number of alkyl halides is 6. The lowest BCUT2D eigenvalue weighted by Gasteiger charge is -2.28. The van der Waals surface area contributed by atoms with E-state index in [1.807, 2.05) is 0 Å². The molecule has 0 aliphatic heterocycles. The lowest BCUT2D eigenvalue weighted by Crippen LogP contribution is -2.48. The smallest absolute Gasteiger partial charge is 0.434 e. The van der Waals surface area contributed by atoms with Crippen molar-refractivity contribution in [1.29, 1.82) is 0 Å². The highest BCUT2D eigenvalue weighted by atomic mass is 19.4. The molecule has 32 heavy (non-hydrogen) atoms. The van der Waals surface area contributed by atoms with Crippen molar-refractivity contribution in [1.82, 2.24) is 9.78 Å². The number of ether oxygens (including phenoxy) is 1. The van der Waals surface area contributed by atoms with Crippen LogP contribution in [0.4, 0.5) is 30.7 Å². The number of para-hydroxylation sites is 1. The van der Waals surface area contributed by atoms with Gasteiger partial charge in [0, 0.05) is 10.9 Å². The maximum absolute atomic E-state index is 14.6. The zero-order chi connectivity index (χ0) is 23.9. The number of halogens is 7. The Morgan fingerprint density at radius 2 is 1.56 bits per heavy atom. The van der Waals surface area contributed by atoms with E-state index in [2.05, 4.69) is 9.84 Å². The van der Waals surface area contributed by atoms with E-state index in [-0.39, 0.29) is 5.52 Å². The molecule has 172 valence electrons. The fraction of sp³-hybridized carbons (Fsp3) is 0.333. The van der Waals surface area contributed by atoms with E-state index in [9.17, 15) is 35.5 Å². The predicted octanol–water partition coefficient (Wildman–Crippen LogP) is 5.91. The molecule has 0 fully saturated rings. The SMILES string of the molecule is CC(C)(Cn1nc(-c2ccccc2)c2cccc(F)c21)C(=O)OC(C(F)(F)F)C(F)(F)F. The van der Waals surface area contributed by atoms with Crippen molar-refractivity contribution < 1.29 is 40.3 Å². The summed E-state index contributed by atoms with van der Waals surface area (Å²) in [7, 11) is 0. The van der Waals surface area contributed by atoms with Gasteiger partial charge in [0.1, 0.15) is 17.0 Å². The Morgan fingerprint density at radius 1 is 0.969 bits per heavy atom. The van der Waals surface area contributed by atoms with Crippen LogP contribution in [0.2, 0.25) is 0 Å². The van der Waals surface area contributed by atoms with Gasteiger partial charge >= 0.3 is 18.3 Å². The summed E-state index contributed by atoms with van der Waals surface area (Å²) in [5.41, 5.74) is -0.996. The minimum Gasteiger partial charge on any atom is -0.442 e. The second-order valence-electron chi connectivity index (χ2n) is 7.76. The van der Waals surface area contributed by atoms with Crippen molar-refractivity contribution in [2.45, 2.75) is 38.8 Å². The average Bonchev–Trinajstić information content (AvgIpc) is 3.03. The second kappa shape index (κ2) is 8.10. The van der Waals surface area contributed by atoms with Crippen molar-refractivity contribution in [3.05, 3.63) is 54.3 Å². The zero-order valence-corrected chi connectivity index (χ0v) is 16.8. The lowest BCUT2D eigenvalue weighted by molar-refractivity contribution is -0.315. The molecule has 0 saturated heterocycles. The summed E-state index contributed by atoms with van der Waals surface area (Å²) in [6.07, 6.45) is -15.9. The average molecular weight is 462 g/mol. The molecule has 0 atom stereocenters.